The smallest absolute Gasteiger partial charge is 0.159 e. The van der Waals surface area contributed by atoms with Crippen LogP contribution >= 0.6 is 0 Å². The third-order valence-corrected chi connectivity index (χ3v) is 10.8. The van der Waals surface area contributed by atoms with Crippen molar-refractivity contribution in [3.63, 3.8) is 0 Å². The minimum absolute atomic E-state index is 0.694. The standard InChI is InChI=1S/C46H24N8/c1-13-47-43(48-14-1)25-5-7-27-33(21-25)37-23-35-30-10-12-32(46-53-19-4-20-54-46)40-28-8-6-26(44-49-15-2-16-50-44)22-34(28)38(42(30)40)24-36(35)29-9-11-31(39(27)41(29)37)45-51-17-3-18-52-45/h1-24H. The normalized spacial score (nSPS) is 12.1. The van der Waals surface area contributed by atoms with Crippen molar-refractivity contribution in [1.82, 2.24) is 39.9 Å². The van der Waals surface area contributed by atoms with Crippen molar-refractivity contribution >= 4 is 75.4 Å². The van der Waals surface area contributed by atoms with Crippen LogP contribution in [0.25, 0.3) is 121 Å². The Bertz CT molecular complexity index is 3180. The molecule has 0 atom stereocenters. The molecular formula is C46H24N8. The zero-order valence-corrected chi connectivity index (χ0v) is 28.4. The molecule has 0 saturated carbocycles. The van der Waals surface area contributed by atoms with Gasteiger partial charge >= 0.3 is 0 Å². The quantitative estimate of drug-likeness (QED) is 0.168. The topological polar surface area (TPSA) is 103 Å². The molecular weight excluding hydrogens is 665 g/mol. The first-order valence-corrected chi connectivity index (χ1v) is 17.7. The molecule has 0 saturated heterocycles. The van der Waals surface area contributed by atoms with E-state index < -0.39 is 0 Å². The Balaban J connectivity index is 1.26. The van der Waals surface area contributed by atoms with Crippen LogP contribution in [0, 0.1) is 0 Å². The molecule has 0 N–H and O–H groups in total. The monoisotopic (exact) mass is 688 g/mol. The van der Waals surface area contributed by atoms with Gasteiger partial charge in [-0.1, -0.05) is 36.4 Å². The molecule has 0 aliphatic rings. The number of nitrogens with zero attached hydrogens (tertiary/aromatic N) is 8. The number of rotatable bonds is 4. The van der Waals surface area contributed by atoms with Crippen molar-refractivity contribution in [3.05, 3.63) is 147 Å². The summed E-state index contributed by atoms with van der Waals surface area (Å²) in [5.74, 6) is 2.79. The second-order valence-electron chi connectivity index (χ2n) is 13.6. The Morgan fingerprint density at radius 3 is 0.944 bits per heavy atom. The summed E-state index contributed by atoms with van der Waals surface area (Å²) in [5.41, 5.74) is 3.94. The minimum Gasteiger partial charge on any atom is -0.237 e. The molecule has 0 fully saturated rings. The average Bonchev–Trinajstić information content (AvgIpc) is 3.76. The summed E-state index contributed by atoms with van der Waals surface area (Å²) < 4.78 is 0. The summed E-state index contributed by atoms with van der Waals surface area (Å²) in [6.07, 6.45) is 14.4. The van der Waals surface area contributed by atoms with Gasteiger partial charge in [0, 0.05) is 82.6 Å². The van der Waals surface area contributed by atoms with Crippen LogP contribution in [-0.4, -0.2) is 39.9 Å². The number of aromatic nitrogens is 8. The molecule has 0 aliphatic carbocycles. The Hall–Kier alpha value is -7.58. The fraction of sp³-hybridized carbons (Fsp3) is 0. The van der Waals surface area contributed by atoms with Gasteiger partial charge < -0.3 is 0 Å². The summed E-state index contributed by atoms with van der Waals surface area (Å²) in [6.45, 7) is 0. The second-order valence-corrected chi connectivity index (χ2v) is 13.6. The van der Waals surface area contributed by atoms with Gasteiger partial charge in [-0.2, -0.15) is 0 Å². The van der Waals surface area contributed by atoms with Crippen LogP contribution in [0.4, 0.5) is 0 Å². The van der Waals surface area contributed by atoms with Gasteiger partial charge in [-0.15, -0.1) is 0 Å². The zero-order valence-electron chi connectivity index (χ0n) is 28.4. The van der Waals surface area contributed by atoms with Gasteiger partial charge in [-0.05, 0) is 125 Å². The minimum atomic E-state index is 0.694. The summed E-state index contributed by atoms with van der Waals surface area (Å²) >= 11 is 0. The SMILES string of the molecule is c1cnc(-c2ccc3c(c2)c2cc4c(cc5c6cc(-c7ncccn7)ccc6c6c(-c7ncccn7)ccc4c56)c4ccc(-c5ncccn5)c3c42)nc1. The summed E-state index contributed by atoms with van der Waals surface area (Å²) in [6, 6.07) is 34.1. The molecule has 4 heterocycles. The van der Waals surface area contributed by atoms with E-state index in [-0.39, 0.29) is 0 Å². The first-order chi connectivity index (χ1) is 26.8. The molecule has 8 heteroatoms. The van der Waals surface area contributed by atoms with E-state index in [0.29, 0.717) is 23.3 Å². The highest BCUT2D eigenvalue weighted by Crippen LogP contribution is 2.51. The maximum Gasteiger partial charge on any atom is 0.159 e. The van der Waals surface area contributed by atoms with Gasteiger partial charge in [0.2, 0.25) is 0 Å². The second kappa shape index (κ2) is 11.0. The van der Waals surface area contributed by atoms with E-state index in [4.69, 9.17) is 19.9 Å². The molecule has 0 spiro atoms. The molecule has 248 valence electrons. The van der Waals surface area contributed by atoms with Gasteiger partial charge in [0.1, 0.15) is 0 Å². The molecule has 54 heavy (non-hydrogen) atoms. The third kappa shape index (κ3) is 4.02. The fourth-order valence-corrected chi connectivity index (χ4v) is 8.63. The molecule has 4 aromatic heterocycles. The Morgan fingerprint density at radius 1 is 0.241 bits per heavy atom. The maximum absolute atomic E-state index is 4.70. The summed E-state index contributed by atoms with van der Waals surface area (Å²) in [5, 5.41) is 16.3. The van der Waals surface area contributed by atoms with E-state index in [1.54, 1.807) is 49.6 Å². The van der Waals surface area contributed by atoms with Crippen molar-refractivity contribution in [3.8, 4) is 45.6 Å². The lowest BCUT2D eigenvalue weighted by atomic mass is 9.91. The van der Waals surface area contributed by atoms with E-state index in [2.05, 4.69) is 92.7 Å². The highest BCUT2D eigenvalue weighted by Gasteiger charge is 2.24. The molecule has 0 radical (unpaired) electrons. The summed E-state index contributed by atoms with van der Waals surface area (Å²) in [4.78, 5) is 37.1. The highest BCUT2D eigenvalue weighted by molar-refractivity contribution is 6.43. The van der Waals surface area contributed by atoms with Crippen LogP contribution in [0.3, 0.4) is 0 Å². The van der Waals surface area contributed by atoms with Gasteiger partial charge in [0.15, 0.2) is 23.3 Å². The lowest BCUT2D eigenvalue weighted by Crippen LogP contribution is -1.90. The van der Waals surface area contributed by atoms with E-state index in [9.17, 15) is 0 Å². The van der Waals surface area contributed by atoms with E-state index >= 15 is 0 Å². The van der Waals surface area contributed by atoms with Gasteiger partial charge in [-0.3, -0.25) is 0 Å². The maximum atomic E-state index is 4.70. The first kappa shape index (κ1) is 29.0. The predicted molar refractivity (Wildman–Crippen MR) is 215 cm³/mol. The molecule has 8 aromatic carbocycles. The molecule has 0 aliphatic heterocycles. The third-order valence-electron chi connectivity index (χ3n) is 10.8. The molecule has 8 nitrogen and oxygen atoms in total. The molecule has 12 aromatic rings. The van der Waals surface area contributed by atoms with Gasteiger partial charge in [0.25, 0.3) is 0 Å². The van der Waals surface area contributed by atoms with Crippen LogP contribution in [0.2, 0.25) is 0 Å². The lowest BCUT2D eigenvalue weighted by molar-refractivity contribution is 1.18. The van der Waals surface area contributed by atoms with Crippen molar-refractivity contribution in [2.45, 2.75) is 0 Å². The fourth-order valence-electron chi connectivity index (χ4n) is 8.63. The van der Waals surface area contributed by atoms with Crippen molar-refractivity contribution in [1.29, 1.82) is 0 Å². The van der Waals surface area contributed by atoms with Crippen molar-refractivity contribution < 1.29 is 0 Å². The largest absolute Gasteiger partial charge is 0.237 e. The van der Waals surface area contributed by atoms with Crippen LogP contribution in [0.15, 0.2) is 147 Å². The molecule has 0 bridgehead atoms. The van der Waals surface area contributed by atoms with E-state index in [1.807, 2.05) is 24.3 Å². The zero-order chi connectivity index (χ0) is 35.3. The Morgan fingerprint density at radius 2 is 0.556 bits per heavy atom. The predicted octanol–water partition coefficient (Wildman–Crippen LogP) is 10.5. The van der Waals surface area contributed by atoms with E-state index in [1.165, 1.54) is 43.1 Å². The lowest BCUT2D eigenvalue weighted by Gasteiger charge is -2.13. The van der Waals surface area contributed by atoms with Gasteiger partial charge in [-0.25, -0.2) is 39.9 Å². The molecule has 0 unspecified atom stereocenters. The highest BCUT2D eigenvalue weighted by atomic mass is 14.9. The van der Waals surface area contributed by atoms with E-state index in [0.717, 1.165) is 54.6 Å². The number of benzene rings is 6. The van der Waals surface area contributed by atoms with Crippen molar-refractivity contribution in [2.24, 2.45) is 0 Å². The van der Waals surface area contributed by atoms with Crippen molar-refractivity contribution in [2.75, 3.05) is 0 Å². The molecule has 0 amide bonds. The van der Waals surface area contributed by atoms with Gasteiger partial charge in [0.05, 0.1) is 0 Å². The number of fused-ring (bicyclic) bond motifs is 9. The first-order valence-electron chi connectivity index (χ1n) is 17.7. The average molecular weight is 689 g/mol. The van der Waals surface area contributed by atoms with Crippen LogP contribution in [0.1, 0.15) is 0 Å². The Labute approximate surface area is 306 Å². The Kier molecular flexibility index (Phi) is 5.90. The number of hydrogen-bond donors (Lipinski definition) is 0. The number of hydrogen-bond acceptors (Lipinski definition) is 8. The van der Waals surface area contributed by atoms with Crippen LogP contribution in [0.5, 0.6) is 0 Å². The van der Waals surface area contributed by atoms with Crippen LogP contribution < -0.4 is 0 Å². The summed E-state index contributed by atoms with van der Waals surface area (Å²) in [7, 11) is 0. The van der Waals surface area contributed by atoms with Crippen LogP contribution in [-0.2, 0) is 0 Å². The molecule has 12 rings (SSSR count).